The molecule has 0 aliphatic carbocycles. The van der Waals surface area contributed by atoms with Crippen molar-refractivity contribution >= 4 is 51.6 Å². The highest BCUT2D eigenvalue weighted by Crippen LogP contribution is 2.38. The Labute approximate surface area is 220 Å². The molecule has 192 valence electrons. The van der Waals surface area contributed by atoms with Gasteiger partial charge in [-0.15, -0.1) is 0 Å². The van der Waals surface area contributed by atoms with Crippen LogP contribution in [-0.2, 0) is 4.79 Å². The fourth-order valence-corrected chi connectivity index (χ4v) is 3.92. The second kappa shape index (κ2) is 11.3. The SMILES string of the molecule is C=CC(=O)Nc1cc(Nc2nccc(-n3ccc4nc(Cl)ccc43)n2)c(OC)cc1N(C)CCN(C)C. The number of hydrogen-bond acceptors (Lipinski definition) is 8. The summed E-state index contributed by atoms with van der Waals surface area (Å²) in [4.78, 5) is 29.7. The van der Waals surface area contributed by atoms with Crippen molar-refractivity contribution < 1.29 is 9.53 Å². The first-order chi connectivity index (χ1) is 17.8. The molecule has 2 N–H and O–H groups in total. The zero-order valence-corrected chi connectivity index (χ0v) is 22.0. The second-order valence-corrected chi connectivity index (χ2v) is 8.96. The van der Waals surface area contributed by atoms with Crippen molar-refractivity contribution in [1.29, 1.82) is 0 Å². The van der Waals surface area contributed by atoms with Gasteiger partial charge in [-0.3, -0.25) is 9.36 Å². The van der Waals surface area contributed by atoms with E-state index in [0.717, 1.165) is 29.8 Å². The third kappa shape index (κ3) is 5.99. The van der Waals surface area contributed by atoms with Crippen LogP contribution in [0.25, 0.3) is 16.9 Å². The summed E-state index contributed by atoms with van der Waals surface area (Å²) in [7, 11) is 7.58. The summed E-state index contributed by atoms with van der Waals surface area (Å²) < 4.78 is 7.58. The zero-order valence-electron chi connectivity index (χ0n) is 21.2. The summed E-state index contributed by atoms with van der Waals surface area (Å²) >= 11 is 6.03. The van der Waals surface area contributed by atoms with E-state index >= 15 is 0 Å². The Morgan fingerprint density at radius 1 is 1.14 bits per heavy atom. The Bertz CT molecular complexity index is 1440. The van der Waals surface area contributed by atoms with Gasteiger partial charge in [0.05, 0.1) is 35.2 Å². The number of nitrogens with one attached hydrogen (secondary N) is 2. The predicted molar refractivity (Wildman–Crippen MR) is 149 cm³/mol. The van der Waals surface area contributed by atoms with Crippen molar-refractivity contribution in [3.8, 4) is 11.6 Å². The highest BCUT2D eigenvalue weighted by atomic mass is 35.5. The quantitative estimate of drug-likeness (QED) is 0.235. The van der Waals surface area contributed by atoms with Crippen LogP contribution in [0.4, 0.5) is 23.0 Å². The summed E-state index contributed by atoms with van der Waals surface area (Å²) in [5, 5.41) is 6.55. The minimum Gasteiger partial charge on any atom is -0.494 e. The molecular formula is C26H29ClN8O2. The molecule has 0 saturated heterocycles. The van der Waals surface area contributed by atoms with Crippen LogP contribution in [0.15, 0.2) is 61.4 Å². The van der Waals surface area contributed by atoms with Crippen LogP contribution in [0.3, 0.4) is 0 Å². The number of carbonyl (C=O) groups excluding carboxylic acids is 1. The molecule has 0 saturated carbocycles. The molecule has 0 atom stereocenters. The van der Waals surface area contributed by atoms with Crippen LogP contribution in [-0.4, -0.2) is 71.7 Å². The molecule has 0 radical (unpaired) electrons. The monoisotopic (exact) mass is 520 g/mol. The molecule has 4 aromatic rings. The topological polar surface area (TPSA) is 100 Å². The molecule has 10 nitrogen and oxygen atoms in total. The van der Waals surface area contributed by atoms with Gasteiger partial charge in [0.2, 0.25) is 11.9 Å². The van der Waals surface area contributed by atoms with Gasteiger partial charge in [0.15, 0.2) is 0 Å². The molecule has 3 aromatic heterocycles. The average molecular weight is 521 g/mol. The average Bonchev–Trinajstić information content (AvgIpc) is 3.30. The number of nitrogens with zero attached hydrogens (tertiary/aromatic N) is 6. The van der Waals surface area contributed by atoms with Crippen LogP contribution >= 0.6 is 11.6 Å². The van der Waals surface area contributed by atoms with E-state index in [1.165, 1.54) is 6.08 Å². The first-order valence-electron chi connectivity index (χ1n) is 11.5. The third-order valence-corrected chi connectivity index (χ3v) is 5.91. The number of likely N-dealkylation sites (N-methyl/N-ethyl adjacent to an activating group) is 2. The number of aromatic nitrogens is 4. The van der Waals surface area contributed by atoms with Crippen LogP contribution < -0.4 is 20.3 Å². The minimum atomic E-state index is -0.315. The number of fused-ring (bicyclic) bond motifs is 1. The highest BCUT2D eigenvalue weighted by Gasteiger charge is 2.17. The van der Waals surface area contributed by atoms with Crippen LogP contribution in [0.1, 0.15) is 0 Å². The van der Waals surface area contributed by atoms with Gasteiger partial charge in [-0.1, -0.05) is 18.2 Å². The van der Waals surface area contributed by atoms with E-state index < -0.39 is 0 Å². The van der Waals surface area contributed by atoms with Crippen LogP contribution in [0.5, 0.6) is 5.75 Å². The van der Waals surface area contributed by atoms with Crippen molar-refractivity contribution in [2.75, 3.05) is 56.9 Å². The molecule has 0 unspecified atom stereocenters. The van der Waals surface area contributed by atoms with Crippen molar-refractivity contribution in [1.82, 2.24) is 24.4 Å². The van der Waals surface area contributed by atoms with E-state index in [0.29, 0.717) is 34.0 Å². The normalized spacial score (nSPS) is 11.0. The van der Waals surface area contributed by atoms with Gasteiger partial charge in [-0.2, -0.15) is 4.98 Å². The Morgan fingerprint density at radius 2 is 1.95 bits per heavy atom. The van der Waals surface area contributed by atoms with Gasteiger partial charge in [0.1, 0.15) is 16.7 Å². The Balaban J connectivity index is 1.69. The largest absolute Gasteiger partial charge is 0.494 e. The lowest BCUT2D eigenvalue weighted by molar-refractivity contribution is -0.111. The summed E-state index contributed by atoms with van der Waals surface area (Å²) in [5.74, 6) is 1.26. The number of anilines is 4. The Kier molecular flexibility index (Phi) is 7.90. The maximum atomic E-state index is 12.2. The summed E-state index contributed by atoms with van der Waals surface area (Å²) in [5.41, 5.74) is 3.63. The fraction of sp³-hybridized carbons (Fsp3) is 0.231. The Hall–Kier alpha value is -4.15. The molecule has 0 aliphatic heterocycles. The number of carbonyl (C=O) groups is 1. The fourth-order valence-electron chi connectivity index (χ4n) is 3.76. The summed E-state index contributed by atoms with van der Waals surface area (Å²) in [6.45, 7) is 5.15. The first-order valence-corrected chi connectivity index (χ1v) is 11.9. The molecule has 11 heteroatoms. The van der Waals surface area contributed by atoms with Crippen molar-refractivity contribution in [2.24, 2.45) is 0 Å². The summed E-state index contributed by atoms with van der Waals surface area (Å²) in [6.07, 6.45) is 4.77. The lowest BCUT2D eigenvalue weighted by Gasteiger charge is -2.26. The molecule has 1 amide bonds. The van der Waals surface area contributed by atoms with Gasteiger partial charge >= 0.3 is 0 Å². The smallest absolute Gasteiger partial charge is 0.247 e. The van der Waals surface area contributed by atoms with E-state index in [9.17, 15) is 4.79 Å². The maximum absolute atomic E-state index is 12.2. The third-order valence-electron chi connectivity index (χ3n) is 5.70. The van der Waals surface area contributed by atoms with Gasteiger partial charge in [0.25, 0.3) is 0 Å². The second-order valence-electron chi connectivity index (χ2n) is 8.58. The number of ether oxygens (including phenoxy) is 1. The van der Waals surface area contributed by atoms with E-state index in [-0.39, 0.29) is 5.91 Å². The maximum Gasteiger partial charge on any atom is 0.247 e. The number of hydrogen-bond donors (Lipinski definition) is 2. The van der Waals surface area contributed by atoms with Gasteiger partial charge < -0.3 is 25.2 Å². The number of methoxy groups -OCH3 is 1. The molecule has 0 fully saturated rings. The number of halogens is 1. The summed E-state index contributed by atoms with van der Waals surface area (Å²) in [6, 6.07) is 11.0. The number of amides is 1. The lowest BCUT2D eigenvalue weighted by Crippen LogP contribution is -2.29. The van der Waals surface area contributed by atoms with E-state index in [4.69, 9.17) is 16.3 Å². The molecule has 0 spiro atoms. The van der Waals surface area contributed by atoms with Crippen LogP contribution in [0.2, 0.25) is 5.15 Å². The van der Waals surface area contributed by atoms with E-state index in [2.05, 4.69) is 42.0 Å². The number of rotatable bonds is 10. The molecule has 1 aromatic carbocycles. The van der Waals surface area contributed by atoms with E-state index in [1.54, 1.807) is 31.5 Å². The van der Waals surface area contributed by atoms with Crippen LogP contribution in [0, 0.1) is 0 Å². The minimum absolute atomic E-state index is 0.315. The van der Waals surface area contributed by atoms with Crippen molar-refractivity contribution in [3.63, 3.8) is 0 Å². The predicted octanol–water partition coefficient (Wildman–Crippen LogP) is 4.34. The van der Waals surface area contributed by atoms with Gasteiger partial charge in [-0.25, -0.2) is 9.97 Å². The number of pyridine rings is 1. The van der Waals surface area contributed by atoms with Gasteiger partial charge in [-0.05, 0) is 50.5 Å². The molecular weight excluding hydrogens is 492 g/mol. The molecule has 0 aliphatic rings. The van der Waals surface area contributed by atoms with E-state index in [1.807, 2.05) is 50.1 Å². The Morgan fingerprint density at radius 3 is 2.68 bits per heavy atom. The molecule has 0 bridgehead atoms. The first kappa shape index (κ1) is 25.9. The highest BCUT2D eigenvalue weighted by molar-refractivity contribution is 6.29. The van der Waals surface area contributed by atoms with Crippen molar-refractivity contribution in [3.05, 3.63) is 66.6 Å². The number of benzene rings is 1. The molecule has 4 rings (SSSR count). The van der Waals surface area contributed by atoms with Crippen molar-refractivity contribution in [2.45, 2.75) is 0 Å². The zero-order chi connectivity index (χ0) is 26.5. The molecule has 37 heavy (non-hydrogen) atoms. The van der Waals surface area contributed by atoms with Gasteiger partial charge in [0, 0.05) is 38.6 Å². The lowest BCUT2D eigenvalue weighted by atomic mass is 10.2. The standard InChI is InChI=1S/C26H29ClN8O2/c1-6-25(36)30-18-15-19(22(37-5)16-21(18)34(4)14-13-33(2)3)31-26-28-11-9-24(32-26)35-12-10-17-20(35)7-8-23(27)29-17/h6-12,15-16H,1,13-14H2,2-5H3,(H,30,36)(H,28,31,32). The molecule has 3 heterocycles.